The van der Waals surface area contributed by atoms with Crippen molar-refractivity contribution >= 4 is 5.97 Å². The molecule has 0 aliphatic rings. The van der Waals surface area contributed by atoms with Crippen molar-refractivity contribution in [1.29, 1.82) is 0 Å². The second-order valence-corrected chi connectivity index (χ2v) is 8.69. The molecule has 0 spiro atoms. The normalized spacial score (nSPS) is 10.8. The first-order valence-corrected chi connectivity index (χ1v) is 12.5. The standard InChI is InChI=1S/C27H46NO2/c1-26(2)27(29)30-25-21-16-14-12-10-8-6-4-3-5-7-9-11-13-15-18-22-28-23-19-17-20-24-28/h17,19-20,23-24H,1,3-16,18,21-22,25H2,2H3/q+1. The topological polar surface area (TPSA) is 30.2 Å². The fourth-order valence-corrected chi connectivity index (χ4v) is 3.74. The monoisotopic (exact) mass is 416 g/mol. The van der Waals surface area contributed by atoms with Gasteiger partial charge < -0.3 is 4.74 Å². The predicted octanol–water partition coefficient (Wildman–Crippen LogP) is 7.34. The molecule has 0 bridgehead atoms. The highest BCUT2D eigenvalue weighted by atomic mass is 16.5. The minimum atomic E-state index is -0.256. The van der Waals surface area contributed by atoms with Crippen molar-refractivity contribution in [2.24, 2.45) is 0 Å². The minimum absolute atomic E-state index is 0.256. The largest absolute Gasteiger partial charge is 0.462 e. The molecule has 0 aliphatic heterocycles. The van der Waals surface area contributed by atoms with E-state index in [2.05, 4.69) is 41.7 Å². The van der Waals surface area contributed by atoms with Crippen LogP contribution in [0.5, 0.6) is 0 Å². The van der Waals surface area contributed by atoms with Crippen LogP contribution in [0.25, 0.3) is 0 Å². The summed E-state index contributed by atoms with van der Waals surface area (Å²) in [6.07, 6.45) is 25.7. The summed E-state index contributed by atoms with van der Waals surface area (Å²) in [5.74, 6) is -0.256. The SMILES string of the molecule is C=C(C)C(=O)OCCCCCCCCCCCCCCCCCC[n+]1ccccc1. The number of carbonyl (C=O) groups is 1. The van der Waals surface area contributed by atoms with Crippen molar-refractivity contribution in [3.63, 3.8) is 0 Å². The lowest BCUT2D eigenvalue weighted by atomic mass is 10.0. The van der Waals surface area contributed by atoms with Crippen LogP contribution in [0.15, 0.2) is 42.7 Å². The van der Waals surface area contributed by atoms with Crippen LogP contribution in [0.3, 0.4) is 0 Å². The Hall–Kier alpha value is -1.64. The Balaban J connectivity index is 1.70. The van der Waals surface area contributed by atoms with Crippen molar-refractivity contribution in [2.45, 2.75) is 116 Å². The number of rotatable bonds is 20. The maximum atomic E-state index is 11.2. The first-order chi connectivity index (χ1) is 14.7. The van der Waals surface area contributed by atoms with Crippen LogP contribution in [-0.2, 0) is 16.1 Å². The van der Waals surface area contributed by atoms with Gasteiger partial charge in [0, 0.05) is 24.1 Å². The van der Waals surface area contributed by atoms with Crippen molar-refractivity contribution in [3.05, 3.63) is 42.7 Å². The number of esters is 1. The lowest BCUT2D eigenvalue weighted by molar-refractivity contribution is -0.697. The van der Waals surface area contributed by atoms with Crippen molar-refractivity contribution < 1.29 is 14.1 Å². The fraction of sp³-hybridized carbons (Fsp3) is 0.704. The first-order valence-electron chi connectivity index (χ1n) is 12.5. The molecule has 0 saturated carbocycles. The summed E-state index contributed by atoms with van der Waals surface area (Å²) < 4.78 is 7.39. The lowest BCUT2D eigenvalue weighted by Gasteiger charge is -2.05. The predicted molar refractivity (Wildman–Crippen MR) is 126 cm³/mol. The van der Waals surface area contributed by atoms with Gasteiger partial charge in [-0.2, -0.15) is 0 Å². The highest BCUT2D eigenvalue weighted by Gasteiger charge is 2.02. The van der Waals surface area contributed by atoms with Crippen LogP contribution >= 0.6 is 0 Å². The summed E-state index contributed by atoms with van der Waals surface area (Å²) >= 11 is 0. The molecule has 0 unspecified atom stereocenters. The van der Waals surface area contributed by atoms with E-state index in [1.165, 1.54) is 89.9 Å². The highest BCUT2D eigenvalue weighted by molar-refractivity contribution is 5.86. The zero-order chi connectivity index (χ0) is 21.7. The van der Waals surface area contributed by atoms with Gasteiger partial charge in [-0.15, -0.1) is 0 Å². The molecular weight excluding hydrogens is 370 g/mol. The summed E-state index contributed by atoms with van der Waals surface area (Å²) in [5, 5.41) is 0. The number of aryl methyl sites for hydroxylation is 1. The fourth-order valence-electron chi connectivity index (χ4n) is 3.74. The smallest absolute Gasteiger partial charge is 0.333 e. The summed E-state index contributed by atoms with van der Waals surface area (Å²) in [6.45, 7) is 6.98. The van der Waals surface area contributed by atoms with E-state index < -0.39 is 0 Å². The minimum Gasteiger partial charge on any atom is -0.462 e. The van der Waals surface area contributed by atoms with E-state index in [0.717, 1.165) is 19.4 Å². The molecule has 170 valence electrons. The molecule has 0 N–H and O–H groups in total. The van der Waals surface area contributed by atoms with Gasteiger partial charge in [0.25, 0.3) is 0 Å². The summed E-state index contributed by atoms with van der Waals surface area (Å²) in [5.41, 5.74) is 0.490. The molecule has 1 heterocycles. The summed E-state index contributed by atoms with van der Waals surface area (Å²) in [6, 6.07) is 6.29. The number of carbonyl (C=O) groups excluding carboxylic acids is 1. The van der Waals surface area contributed by atoms with Crippen molar-refractivity contribution in [2.75, 3.05) is 6.61 Å². The van der Waals surface area contributed by atoms with Crippen LogP contribution in [0.2, 0.25) is 0 Å². The van der Waals surface area contributed by atoms with E-state index in [1.807, 2.05) is 0 Å². The van der Waals surface area contributed by atoms with Gasteiger partial charge in [0.1, 0.15) is 6.54 Å². The molecule has 0 aliphatic carbocycles. The summed E-state index contributed by atoms with van der Waals surface area (Å²) in [4.78, 5) is 11.2. The van der Waals surface area contributed by atoms with Gasteiger partial charge in [-0.3, -0.25) is 0 Å². The summed E-state index contributed by atoms with van der Waals surface area (Å²) in [7, 11) is 0. The van der Waals surface area contributed by atoms with Gasteiger partial charge in [0.05, 0.1) is 6.61 Å². The first kappa shape index (κ1) is 26.4. The number of ether oxygens (including phenoxy) is 1. The van der Waals surface area contributed by atoms with Gasteiger partial charge in [0.15, 0.2) is 12.4 Å². The Morgan fingerprint density at radius 2 is 1.07 bits per heavy atom. The third-order valence-corrected chi connectivity index (χ3v) is 5.67. The van der Waals surface area contributed by atoms with Crippen molar-refractivity contribution in [3.8, 4) is 0 Å². The Morgan fingerprint density at radius 3 is 1.50 bits per heavy atom. The molecule has 0 saturated heterocycles. The van der Waals surface area contributed by atoms with Crippen LogP contribution in [-0.4, -0.2) is 12.6 Å². The van der Waals surface area contributed by atoms with Crippen molar-refractivity contribution in [1.82, 2.24) is 0 Å². The average Bonchev–Trinajstić information content (AvgIpc) is 2.75. The molecule has 0 fully saturated rings. The number of pyridine rings is 1. The molecule has 0 atom stereocenters. The van der Waals surface area contributed by atoms with E-state index in [1.54, 1.807) is 6.92 Å². The van der Waals surface area contributed by atoms with Crippen LogP contribution in [0.4, 0.5) is 0 Å². The zero-order valence-electron chi connectivity index (χ0n) is 19.6. The maximum absolute atomic E-state index is 11.2. The molecule has 1 aromatic rings. The zero-order valence-corrected chi connectivity index (χ0v) is 19.6. The lowest BCUT2D eigenvalue weighted by Crippen LogP contribution is -2.32. The quantitative estimate of drug-likeness (QED) is 0.0963. The van der Waals surface area contributed by atoms with E-state index in [0.29, 0.717) is 12.2 Å². The molecule has 0 amide bonds. The highest BCUT2D eigenvalue weighted by Crippen LogP contribution is 2.13. The van der Waals surface area contributed by atoms with Crippen LogP contribution < -0.4 is 4.57 Å². The van der Waals surface area contributed by atoms with Gasteiger partial charge in [0.2, 0.25) is 0 Å². The van der Waals surface area contributed by atoms with E-state index in [9.17, 15) is 4.79 Å². The van der Waals surface area contributed by atoms with Crippen LogP contribution in [0.1, 0.15) is 110 Å². The molecule has 30 heavy (non-hydrogen) atoms. The maximum Gasteiger partial charge on any atom is 0.333 e. The molecule has 1 rings (SSSR count). The van der Waals surface area contributed by atoms with Gasteiger partial charge >= 0.3 is 5.97 Å². The molecular formula is C27H46NO2+. The number of aromatic nitrogens is 1. The Labute approximate surface area is 185 Å². The van der Waals surface area contributed by atoms with Gasteiger partial charge in [-0.05, 0) is 19.8 Å². The number of hydrogen-bond donors (Lipinski definition) is 0. The van der Waals surface area contributed by atoms with Crippen LogP contribution in [0, 0.1) is 0 Å². The van der Waals surface area contributed by atoms with E-state index >= 15 is 0 Å². The molecule has 0 aromatic carbocycles. The second kappa shape index (κ2) is 19.3. The second-order valence-electron chi connectivity index (χ2n) is 8.69. The Morgan fingerprint density at radius 1 is 0.667 bits per heavy atom. The molecule has 3 nitrogen and oxygen atoms in total. The Kier molecular flexibility index (Phi) is 17.0. The molecule has 0 radical (unpaired) electrons. The van der Waals surface area contributed by atoms with Gasteiger partial charge in [-0.1, -0.05) is 96.1 Å². The molecule has 1 aromatic heterocycles. The van der Waals surface area contributed by atoms with E-state index in [-0.39, 0.29) is 5.97 Å². The number of nitrogens with zero attached hydrogens (tertiary/aromatic N) is 1. The number of hydrogen-bond acceptors (Lipinski definition) is 2. The van der Waals surface area contributed by atoms with Gasteiger partial charge in [-0.25, -0.2) is 9.36 Å². The average molecular weight is 417 g/mol. The third kappa shape index (κ3) is 16.2. The molecule has 3 heteroatoms. The Bertz CT molecular complexity index is 541. The number of unbranched alkanes of at least 4 members (excludes halogenated alkanes) is 15. The van der Waals surface area contributed by atoms with E-state index in [4.69, 9.17) is 4.74 Å². The third-order valence-electron chi connectivity index (χ3n) is 5.67.